The van der Waals surface area contributed by atoms with Crippen molar-refractivity contribution in [2.75, 3.05) is 11.9 Å². The van der Waals surface area contributed by atoms with Gasteiger partial charge in [0.2, 0.25) is 10.0 Å². The van der Waals surface area contributed by atoms with Crippen LogP contribution in [0.5, 0.6) is 0 Å². The van der Waals surface area contributed by atoms with Crippen molar-refractivity contribution < 1.29 is 31.9 Å². The summed E-state index contributed by atoms with van der Waals surface area (Å²) in [6.45, 7) is 2.93. The summed E-state index contributed by atoms with van der Waals surface area (Å²) in [7, 11) is -3.91. The average Bonchev–Trinajstić information content (AvgIpc) is 2.77. The first-order valence-corrected chi connectivity index (χ1v) is 11.4. The third-order valence-corrected chi connectivity index (χ3v) is 6.02. The van der Waals surface area contributed by atoms with E-state index in [-0.39, 0.29) is 23.7 Å². The van der Waals surface area contributed by atoms with Gasteiger partial charge in [0.1, 0.15) is 18.2 Å². The van der Waals surface area contributed by atoms with Crippen molar-refractivity contribution in [3.05, 3.63) is 70.6 Å². The number of ether oxygens (including phenoxy) is 2. The van der Waals surface area contributed by atoms with Gasteiger partial charge < -0.3 is 13.9 Å². The summed E-state index contributed by atoms with van der Waals surface area (Å²) in [6, 6.07) is 12.2. The molecule has 10 nitrogen and oxygen atoms in total. The van der Waals surface area contributed by atoms with Gasteiger partial charge in [-0.3, -0.25) is 10.1 Å². The van der Waals surface area contributed by atoms with Crippen LogP contribution in [-0.4, -0.2) is 33.1 Å². The molecule has 1 amide bonds. The van der Waals surface area contributed by atoms with Crippen molar-refractivity contribution in [2.24, 2.45) is 0 Å². The van der Waals surface area contributed by atoms with E-state index in [9.17, 15) is 22.8 Å². The maximum Gasteiger partial charge on any atom is 0.411 e. The number of nitrogens with one attached hydrogen (secondary N) is 2. The number of esters is 1. The highest BCUT2D eigenvalue weighted by molar-refractivity contribution is 7.89. The smallest absolute Gasteiger partial charge is 0.411 e. The van der Waals surface area contributed by atoms with E-state index < -0.39 is 33.8 Å². The molecule has 1 atom stereocenters. The number of anilines is 1. The molecule has 0 saturated carbocycles. The van der Waals surface area contributed by atoms with Crippen LogP contribution >= 0.6 is 0 Å². The molecule has 0 unspecified atom stereocenters. The minimum absolute atomic E-state index is 0.0172. The number of hydrogen-bond donors (Lipinski definition) is 2. The van der Waals surface area contributed by atoms with Gasteiger partial charge in [0.05, 0.1) is 11.5 Å². The lowest BCUT2D eigenvalue weighted by atomic mass is 10.1. The Labute approximate surface area is 189 Å². The van der Waals surface area contributed by atoms with Gasteiger partial charge in [0, 0.05) is 28.8 Å². The number of carbonyl (C=O) groups excluding carboxylic acids is 2. The third-order valence-electron chi connectivity index (χ3n) is 4.46. The molecule has 1 aromatic heterocycles. The van der Waals surface area contributed by atoms with Gasteiger partial charge in [0.15, 0.2) is 0 Å². The highest BCUT2D eigenvalue weighted by atomic mass is 32.2. The van der Waals surface area contributed by atoms with E-state index in [1.807, 2.05) is 0 Å². The van der Waals surface area contributed by atoms with Gasteiger partial charge in [-0.05, 0) is 38.1 Å². The van der Waals surface area contributed by atoms with Gasteiger partial charge in [-0.15, -0.1) is 0 Å². The van der Waals surface area contributed by atoms with Crippen LogP contribution in [0.3, 0.4) is 0 Å². The quantitative estimate of drug-likeness (QED) is 0.375. The second-order valence-corrected chi connectivity index (χ2v) is 8.62. The molecule has 3 rings (SSSR count). The molecule has 0 aliphatic rings. The Hall–Kier alpha value is -3.70. The molecule has 2 N–H and O–H groups in total. The van der Waals surface area contributed by atoms with Crippen LogP contribution in [0.1, 0.15) is 19.4 Å². The molecule has 0 bridgehead atoms. The number of carbonyl (C=O) groups is 2. The number of sulfonamides is 1. The Morgan fingerprint density at radius 2 is 1.79 bits per heavy atom. The summed E-state index contributed by atoms with van der Waals surface area (Å²) < 4.78 is 42.2. The molecule has 0 spiro atoms. The topological polar surface area (TPSA) is 141 Å². The van der Waals surface area contributed by atoms with Crippen molar-refractivity contribution >= 4 is 38.7 Å². The van der Waals surface area contributed by atoms with E-state index in [1.54, 1.807) is 37.3 Å². The van der Waals surface area contributed by atoms with E-state index in [1.165, 1.54) is 31.2 Å². The lowest BCUT2D eigenvalue weighted by Gasteiger charge is -2.14. The molecule has 0 aliphatic heterocycles. The SMILES string of the molecule is CCOC(=O)Nc1ccc2c(COC(=O)[C@H](C)NS(=O)(=O)c3ccccc3)cc(=O)oc2c1. The Balaban J connectivity index is 1.71. The predicted octanol–water partition coefficient (Wildman–Crippen LogP) is 2.77. The average molecular weight is 474 g/mol. The zero-order valence-corrected chi connectivity index (χ0v) is 18.7. The van der Waals surface area contributed by atoms with Crippen LogP contribution in [0.2, 0.25) is 0 Å². The number of benzene rings is 2. The molecule has 11 heteroatoms. The van der Waals surface area contributed by atoms with E-state index in [0.717, 1.165) is 0 Å². The standard InChI is InChI=1S/C22H22N2O8S/c1-3-30-22(27)23-16-9-10-18-15(11-20(25)32-19(18)12-16)13-31-21(26)14(2)24-33(28,29)17-7-5-4-6-8-17/h4-12,14,24H,3,13H2,1-2H3,(H,23,27)/t14-/m0/s1. The minimum Gasteiger partial charge on any atom is -0.460 e. The highest BCUT2D eigenvalue weighted by Crippen LogP contribution is 2.22. The van der Waals surface area contributed by atoms with Crippen LogP contribution in [0.4, 0.5) is 10.5 Å². The van der Waals surface area contributed by atoms with Gasteiger partial charge in [-0.25, -0.2) is 18.0 Å². The van der Waals surface area contributed by atoms with Gasteiger partial charge in [-0.2, -0.15) is 4.72 Å². The third kappa shape index (κ3) is 6.18. The maximum absolute atomic E-state index is 12.4. The fraction of sp³-hybridized carbons (Fsp3) is 0.227. The number of fused-ring (bicyclic) bond motifs is 1. The Morgan fingerprint density at radius 1 is 1.06 bits per heavy atom. The molecule has 0 radical (unpaired) electrons. The van der Waals surface area contributed by atoms with Crippen molar-refractivity contribution in [1.29, 1.82) is 0 Å². The van der Waals surface area contributed by atoms with E-state index in [4.69, 9.17) is 13.9 Å². The zero-order valence-electron chi connectivity index (χ0n) is 17.9. The number of hydrogen-bond acceptors (Lipinski definition) is 8. The second kappa shape index (κ2) is 10.3. The van der Waals surface area contributed by atoms with Crippen molar-refractivity contribution in [2.45, 2.75) is 31.4 Å². The summed E-state index contributed by atoms with van der Waals surface area (Å²) in [6.07, 6.45) is -0.656. The van der Waals surface area contributed by atoms with Crippen molar-refractivity contribution in [3.63, 3.8) is 0 Å². The minimum atomic E-state index is -3.91. The normalized spacial score (nSPS) is 12.2. The van der Waals surface area contributed by atoms with Gasteiger partial charge in [-0.1, -0.05) is 18.2 Å². The van der Waals surface area contributed by atoms with E-state index in [2.05, 4.69) is 10.0 Å². The zero-order chi connectivity index (χ0) is 24.0. The van der Waals surface area contributed by atoms with Gasteiger partial charge in [0.25, 0.3) is 0 Å². The molecule has 0 saturated heterocycles. The Bertz CT molecular complexity index is 1320. The molecule has 174 valence electrons. The first-order valence-electron chi connectivity index (χ1n) is 9.94. The molecular formula is C22H22N2O8S. The fourth-order valence-corrected chi connectivity index (χ4v) is 4.15. The summed E-state index contributed by atoms with van der Waals surface area (Å²) in [5, 5.41) is 2.98. The van der Waals surface area contributed by atoms with E-state index in [0.29, 0.717) is 16.6 Å². The largest absolute Gasteiger partial charge is 0.460 e. The van der Waals surface area contributed by atoms with Crippen molar-refractivity contribution in [1.82, 2.24) is 4.72 Å². The molecular weight excluding hydrogens is 452 g/mol. The summed E-state index contributed by atoms with van der Waals surface area (Å²) in [4.78, 5) is 35.9. The summed E-state index contributed by atoms with van der Waals surface area (Å²) in [5.74, 6) is -0.823. The molecule has 0 aliphatic carbocycles. The first kappa shape index (κ1) is 24.0. The van der Waals surface area contributed by atoms with Crippen LogP contribution in [0.15, 0.2) is 68.7 Å². The summed E-state index contributed by atoms with van der Waals surface area (Å²) >= 11 is 0. The Kier molecular flexibility index (Phi) is 7.46. The molecule has 3 aromatic rings. The van der Waals surface area contributed by atoms with Crippen LogP contribution < -0.4 is 15.7 Å². The lowest BCUT2D eigenvalue weighted by Crippen LogP contribution is -2.39. The fourth-order valence-electron chi connectivity index (χ4n) is 2.93. The molecule has 0 fully saturated rings. The number of amides is 1. The second-order valence-electron chi connectivity index (χ2n) is 6.91. The van der Waals surface area contributed by atoms with Gasteiger partial charge >= 0.3 is 17.7 Å². The molecule has 2 aromatic carbocycles. The first-order chi connectivity index (χ1) is 15.7. The Morgan fingerprint density at radius 3 is 2.48 bits per heavy atom. The lowest BCUT2D eigenvalue weighted by molar-refractivity contribution is -0.146. The maximum atomic E-state index is 12.4. The molecule has 33 heavy (non-hydrogen) atoms. The van der Waals surface area contributed by atoms with Crippen LogP contribution in [0.25, 0.3) is 11.0 Å². The highest BCUT2D eigenvalue weighted by Gasteiger charge is 2.23. The number of rotatable bonds is 8. The van der Waals surface area contributed by atoms with Crippen LogP contribution in [0, 0.1) is 0 Å². The predicted molar refractivity (Wildman–Crippen MR) is 119 cm³/mol. The monoisotopic (exact) mass is 474 g/mol. The van der Waals surface area contributed by atoms with Crippen LogP contribution in [-0.2, 0) is 30.9 Å². The van der Waals surface area contributed by atoms with E-state index >= 15 is 0 Å². The molecule has 1 heterocycles. The van der Waals surface area contributed by atoms with Crippen molar-refractivity contribution in [3.8, 4) is 0 Å². The summed E-state index contributed by atoms with van der Waals surface area (Å²) in [5.41, 5.74) is 0.193.